The first-order valence-electron chi connectivity index (χ1n) is 4.39. The number of amides is 1. The van der Waals surface area contributed by atoms with Crippen molar-refractivity contribution in [2.24, 2.45) is 0 Å². The average Bonchev–Trinajstić information content (AvgIpc) is 2.51. The summed E-state index contributed by atoms with van der Waals surface area (Å²) in [6.45, 7) is 5.34. The lowest BCUT2D eigenvalue weighted by atomic mass is 10.1. The summed E-state index contributed by atoms with van der Waals surface area (Å²) in [5.74, 6) is 0.965. The molecule has 2 N–H and O–H groups in total. The lowest BCUT2D eigenvalue weighted by molar-refractivity contribution is -0.121. The lowest BCUT2D eigenvalue weighted by Crippen LogP contribution is -2.47. The minimum atomic E-state index is -0.618. The Hall–Kier alpha value is -1.36. The molecule has 0 spiro atoms. The monoisotopic (exact) mass is 197 g/mol. The van der Waals surface area contributed by atoms with Crippen LogP contribution in [-0.4, -0.2) is 23.7 Å². The molecule has 0 unspecified atom stereocenters. The van der Waals surface area contributed by atoms with Gasteiger partial charge in [0.2, 0.25) is 5.91 Å². The summed E-state index contributed by atoms with van der Waals surface area (Å²) in [5, 5.41) is 9.21. The Morgan fingerprint density at radius 2 is 2.21 bits per heavy atom. The van der Waals surface area contributed by atoms with Crippen LogP contribution in [0.15, 0.2) is 10.6 Å². The lowest BCUT2D eigenvalue weighted by Gasteiger charge is -2.21. The molecule has 0 saturated carbocycles. The molecule has 1 heterocycles. The summed E-state index contributed by atoms with van der Waals surface area (Å²) in [5.41, 5.74) is -0.618. The van der Waals surface area contributed by atoms with Crippen LogP contribution < -0.4 is 10.6 Å². The molecule has 1 aromatic rings. The molecular weight excluding hydrogens is 182 g/mol. The molecule has 1 amide bonds. The number of likely N-dealkylation sites (N-methyl/N-ethyl adjacent to an activating group) is 1. The number of rotatable bonds is 3. The molecule has 5 nitrogen and oxygen atoms in total. The van der Waals surface area contributed by atoms with E-state index in [0.29, 0.717) is 11.6 Å². The van der Waals surface area contributed by atoms with Crippen LogP contribution in [0.4, 0.5) is 5.82 Å². The zero-order valence-corrected chi connectivity index (χ0v) is 8.84. The second-order valence-electron chi connectivity index (χ2n) is 3.65. The van der Waals surface area contributed by atoms with E-state index in [4.69, 9.17) is 4.52 Å². The van der Waals surface area contributed by atoms with Crippen molar-refractivity contribution in [3.63, 3.8) is 0 Å². The molecule has 5 heteroatoms. The maximum atomic E-state index is 11.6. The summed E-state index contributed by atoms with van der Waals surface area (Å²) in [7, 11) is 1.73. The van der Waals surface area contributed by atoms with E-state index < -0.39 is 5.54 Å². The molecule has 0 aliphatic heterocycles. The number of anilines is 1. The van der Waals surface area contributed by atoms with Gasteiger partial charge in [-0.2, -0.15) is 0 Å². The number of hydrogen-bond donors (Lipinski definition) is 2. The quantitative estimate of drug-likeness (QED) is 0.756. The first kappa shape index (κ1) is 10.7. The Balaban J connectivity index is 2.66. The third kappa shape index (κ3) is 2.32. The van der Waals surface area contributed by atoms with E-state index in [-0.39, 0.29) is 5.91 Å². The molecule has 0 aromatic carbocycles. The zero-order chi connectivity index (χ0) is 10.8. The number of carbonyl (C=O) groups is 1. The van der Waals surface area contributed by atoms with Crippen molar-refractivity contribution < 1.29 is 9.32 Å². The third-order valence-electron chi connectivity index (χ3n) is 2.06. The summed E-state index contributed by atoms with van der Waals surface area (Å²) in [4.78, 5) is 11.6. The molecule has 1 rings (SSSR count). The predicted molar refractivity (Wildman–Crippen MR) is 53.0 cm³/mol. The van der Waals surface area contributed by atoms with Gasteiger partial charge in [-0.25, -0.2) is 0 Å². The molecule has 0 fully saturated rings. The van der Waals surface area contributed by atoms with Crippen molar-refractivity contribution >= 4 is 11.7 Å². The number of aryl methyl sites for hydroxylation is 1. The molecule has 0 radical (unpaired) electrons. The molecule has 0 saturated heterocycles. The maximum Gasteiger partial charge on any atom is 0.245 e. The molecule has 78 valence electrons. The zero-order valence-electron chi connectivity index (χ0n) is 8.84. The van der Waals surface area contributed by atoms with Crippen LogP contribution in [-0.2, 0) is 4.79 Å². The third-order valence-corrected chi connectivity index (χ3v) is 2.06. The summed E-state index contributed by atoms with van der Waals surface area (Å²) >= 11 is 0. The van der Waals surface area contributed by atoms with Gasteiger partial charge in [-0.1, -0.05) is 5.16 Å². The van der Waals surface area contributed by atoms with Gasteiger partial charge in [-0.15, -0.1) is 0 Å². The van der Waals surface area contributed by atoms with Crippen molar-refractivity contribution in [2.75, 3.05) is 12.4 Å². The fourth-order valence-corrected chi connectivity index (χ4v) is 0.811. The van der Waals surface area contributed by atoms with E-state index in [1.165, 1.54) is 0 Å². The van der Waals surface area contributed by atoms with Gasteiger partial charge >= 0.3 is 0 Å². The summed E-state index contributed by atoms with van der Waals surface area (Å²) in [6.07, 6.45) is 0. The van der Waals surface area contributed by atoms with Crippen LogP contribution in [0.2, 0.25) is 0 Å². The van der Waals surface area contributed by atoms with E-state index in [9.17, 15) is 4.79 Å². The Morgan fingerprint density at radius 3 is 2.64 bits per heavy atom. The Morgan fingerprint density at radius 1 is 1.57 bits per heavy atom. The second kappa shape index (κ2) is 3.79. The fourth-order valence-electron chi connectivity index (χ4n) is 0.811. The van der Waals surface area contributed by atoms with Crippen LogP contribution in [0, 0.1) is 6.92 Å². The first-order valence-corrected chi connectivity index (χ1v) is 4.39. The van der Waals surface area contributed by atoms with Gasteiger partial charge in [0, 0.05) is 6.07 Å². The fraction of sp³-hybridized carbons (Fsp3) is 0.556. The highest BCUT2D eigenvalue weighted by Crippen LogP contribution is 2.10. The number of nitrogens with one attached hydrogen (secondary N) is 2. The molecule has 1 aromatic heterocycles. The highest BCUT2D eigenvalue weighted by Gasteiger charge is 2.25. The number of nitrogens with zero attached hydrogens (tertiary/aromatic N) is 1. The van der Waals surface area contributed by atoms with Crippen LogP contribution in [0.3, 0.4) is 0 Å². The van der Waals surface area contributed by atoms with Crippen LogP contribution in [0.1, 0.15) is 19.6 Å². The molecule has 0 aliphatic carbocycles. The van der Waals surface area contributed by atoms with E-state index >= 15 is 0 Å². The highest BCUT2D eigenvalue weighted by molar-refractivity contribution is 5.96. The maximum absolute atomic E-state index is 11.6. The van der Waals surface area contributed by atoms with Crippen molar-refractivity contribution in [3.8, 4) is 0 Å². The van der Waals surface area contributed by atoms with E-state index in [1.54, 1.807) is 33.9 Å². The molecule has 0 aliphatic rings. The number of aromatic nitrogens is 1. The standard InChI is InChI=1S/C9H15N3O2/c1-6-5-7(12-14-6)11-8(13)9(2,3)10-4/h5,10H,1-4H3,(H,11,12,13). The van der Waals surface area contributed by atoms with Gasteiger partial charge in [-0.3, -0.25) is 4.79 Å². The van der Waals surface area contributed by atoms with Crippen molar-refractivity contribution in [2.45, 2.75) is 26.3 Å². The van der Waals surface area contributed by atoms with Crippen LogP contribution in [0.25, 0.3) is 0 Å². The topological polar surface area (TPSA) is 67.2 Å². The molecule has 0 atom stereocenters. The Bertz CT molecular complexity index is 331. The van der Waals surface area contributed by atoms with Crippen molar-refractivity contribution in [3.05, 3.63) is 11.8 Å². The molecule has 14 heavy (non-hydrogen) atoms. The predicted octanol–water partition coefficient (Wildman–Crippen LogP) is 0.920. The minimum Gasteiger partial charge on any atom is -0.360 e. The minimum absolute atomic E-state index is 0.145. The average molecular weight is 197 g/mol. The van der Waals surface area contributed by atoms with Gasteiger partial charge < -0.3 is 15.2 Å². The smallest absolute Gasteiger partial charge is 0.245 e. The van der Waals surface area contributed by atoms with Crippen molar-refractivity contribution in [1.82, 2.24) is 10.5 Å². The van der Waals surface area contributed by atoms with Gasteiger partial charge in [-0.05, 0) is 27.8 Å². The van der Waals surface area contributed by atoms with Gasteiger partial charge in [0.05, 0.1) is 5.54 Å². The Labute approximate surface area is 82.8 Å². The van der Waals surface area contributed by atoms with E-state index in [0.717, 1.165) is 0 Å². The second-order valence-corrected chi connectivity index (χ2v) is 3.65. The van der Waals surface area contributed by atoms with Gasteiger partial charge in [0.1, 0.15) is 5.76 Å². The van der Waals surface area contributed by atoms with Crippen LogP contribution in [0.5, 0.6) is 0 Å². The highest BCUT2D eigenvalue weighted by atomic mass is 16.5. The van der Waals surface area contributed by atoms with Crippen molar-refractivity contribution in [1.29, 1.82) is 0 Å². The van der Waals surface area contributed by atoms with E-state index in [2.05, 4.69) is 15.8 Å². The number of hydrogen-bond acceptors (Lipinski definition) is 4. The largest absolute Gasteiger partial charge is 0.360 e. The van der Waals surface area contributed by atoms with Gasteiger partial charge in [0.15, 0.2) is 5.82 Å². The summed E-state index contributed by atoms with van der Waals surface area (Å²) in [6, 6.07) is 1.67. The Kier molecular flexibility index (Phi) is 2.90. The molecule has 0 bridgehead atoms. The van der Waals surface area contributed by atoms with E-state index in [1.807, 2.05) is 0 Å². The number of carbonyl (C=O) groups excluding carboxylic acids is 1. The molecular formula is C9H15N3O2. The summed E-state index contributed by atoms with van der Waals surface area (Å²) < 4.78 is 4.83. The van der Waals surface area contributed by atoms with Crippen LogP contribution >= 0.6 is 0 Å². The first-order chi connectivity index (χ1) is 6.45. The normalized spacial score (nSPS) is 11.4. The van der Waals surface area contributed by atoms with Gasteiger partial charge in [0.25, 0.3) is 0 Å². The SMILES string of the molecule is CNC(C)(C)C(=O)Nc1cc(C)on1.